The van der Waals surface area contributed by atoms with E-state index in [1.807, 2.05) is 0 Å². The number of amides is 1. The van der Waals surface area contributed by atoms with Crippen LogP contribution in [-0.4, -0.2) is 42.0 Å². The molecular weight excluding hydrogens is 224 g/mol. The molecule has 0 aliphatic rings. The summed E-state index contributed by atoms with van der Waals surface area (Å²) in [4.78, 5) is 38.1. The van der Waals surface area contributed by atoms with E-state index in [0.717, 1.165) is 0 Å². The average molecular weight is 238 g/mol. The Morgan fingerprint density at radius 2 is 2.18 bits per heavy atom. The van der Waals surface area contributed by atoms with E-state index in [0.29, 0.717) is 6.54 Å². The largest absolute Gasteiger partial charge is 0.468 e. The number of hydrogen-bond donors (Lipinski definition) is 1. The third kappa shape index (κ3) is 3.17. The standard InChI is InChI=1S/C11H14N2O4/c1-3-13(7-9(14)17-2)11(16)8-5-4-6-12-10(8)15/h4-6H,3,7H2,1-2H3,(H,12,15). The van der Waals surface area contributed by atoms with Gasteiger partial charge in [-0.3, -0.25) is 14.4 Å². The summed E-state index contributed by atoms with van der Waals surface area (Å²) in [5.41, 5.74) is -0.459. The molecule has 0 atom stereocenters. The first-order valence-corrected chi connectivity index (χ1v) is 5.14. The van der Waals surface area contributed by atoms with Crippen LogP contribution in [0.4, 0.5) is 0 Å². The van der Waals surface area contributed by atoms with Crippen LogP contribution in [0.25, 0.3) is 0 Å². The van der Waals surface area contributed by atoms with E-state index in [2.05, 4.69) is 9.72 Å². The number of H-pyrrole nitrogens is 1. The molecule has 6 heteroatoms. The number of nitrogens with one attached hydrogen (secondary N) is 1. The molecule has 0 saturated carbocycles. The maximum atomic E-state index is 11.9. The molecule has 0 spiro atoms. The van der Waals surface area contributed by atoms with Gasteiger partial charge in [-0.2, -0.15) is 0 Å². The molecule has 1 aromatic rings. The first-order chi connectivity index (χ1) is 8.10. The summed E-state index contributed by atoms with van der Waals surface area (Å²) < 4.78 is 4.48. The minimum absolute atomic E-state index is 0.0123. The van der Waals surface area contributed by atoms with Crippen molar-refractivity contribution < 1.29 is 14.3 Å². The van der Waals surface area contributed by atoms with E-state index in [-0.39, 0.29) is 12.1 Å². The number of aromatic nitrogens is 1. The zero-order chi connectivity index (χ0) is 12.8. The fourth-order valence-corrected chi connectivity index (χ4v) is 1.31. The molecule has 6 nitrogen and oxygen atoms in total. The molecule has 0 radical (unpaired) electrons. The highest BCUT2D eigenvalue weighted by Gasteiger charge is 2.19. The third-order valence-corrected chi connectivity index (χ3v) is 2.27. The Morgan fingerprint density at radius 3 is 2.71 bits per heavy atom. The second-order valence-corrected chi connectivity index (χ2v) is 3.31. The molecule has 1 amide bonds. The Labute approximate surface area is 98.2 Å². The van der Waals surface area contributed by atoms with E-state index >= 15 is 0 Å². The second kappa shape index (κ2) is 5.83. The SMILES string of the molecule is CCN(CC(=O)OC)C(=O)c1ccc[nH]c1=O. The van der Waals surface area contributed by atoms with Crippen LogP contribution >= 0.6 is 0 Å². The average Bonchev–Trinajstić information content (AvgIpc) is 2.35. The number of carbonyl (C=O) groups is 2. The number of nitrogens with zero attached hydrogens (tertiary/aromatic N) is 1. The summed E-state index contributed by atoms with van der Waals surface area (Å²) in [7, 11) is 1.25. The van der Waals surface area contributed by atoms with Gasteiger partial charge in [-0.1, -0.05) is 0 Å². The predicted octanol–water partition coefficient (Wildman–Crippen LogP) is 0.01000. The van der Waals surface area contributed by atoms with Gasteiger partial charge < -0.3 is 14.6 Å². The topological polar surface area (TPSA) is 79.5 Å². The quantitative estimate of drug-likeness (QED) is 0.749. The van der Waals surface area contributed by atoms with Gasteiger partial charge in [0.2, 0.25) is 0 Å². The molecule has 1 rings (SSSR count). The number of carbonyl (C=O) groups excluding carboxylic acids is 2. The Kier molecular flexibility index (Phi) is 4.45. The van der Waals surface area contributed by atoms with Gasteiger partial charge in [0, 0.05) is 12.7 Å². The molecule has 1 N–H and O–H groups in total. The van der Waals surface area contributed by atoms with Crippen LogP contribution in [0.3, 0.4) is 0 Å². The van der Waals surface area contributed by atoms with Gasteiger partial charge in [-0.25, -0.2) is 0 Å². The summed E-state index contributed by atoms with van der Waals surface area (Å²) in [6.07, 6.45) is 1.44. The Hall–Kier alpha value is -2.11. The zero-order valence-corrected chi connectivity index (χ0v) is 9.73. The number of ether oxygens (including phenoxy) is 1. The lowest BCUT2D eigenvalue weighted by molar-refractivity contribution is -0.141. The minimum atomic E-state index is -0.521. The highest BCUT2D eigenvalue weighted by Crippen LogP contribution is 1.99. The van der Waals surface area contributed by atoms with Gasteiger partial charge in [-0.05, 0) is 19.1 Å². The normalized spacial score (nSPS) is 9.76. The molecule has 92 valence electrons. The summed E-state index contributed by atoms with van der Waals surface area (Å²) in [5.74, 6) is -1.01. The lowest BCUT2D eigenvalue weighted by Crippen LogP contribution is -2.38. The van der Waals surface area contributed by atoms with Crippen LogP contribution < -0.4 is 5.56 Å². The number of methoxy groups -OCH3 is 1. The molecule has 0 fully saturated rings. The number of likely N-dealkylation sites (N-methyl/N-ethyl adjacent to an activating group) is 1. The summed E-state index contributed by atoms with van der Waals surface area (Å²) in [6, 6.07) is 2.97. The van der Waals surface area contributed by atoms with Gasteiger partial charge in [0.05, 0.1) is 7.11 Å². The lowest BCUT2D eigenvalue weighted by atomic mass is 10.2. The molecule has 0 aliphatic carbocycles. The summed E-state index contributed by atoms with van der Waals surface area (Å²) in [5, 5.41) is 0. The second-order valence-electron chi connectivity index (χ2n) is 3.31. The van der Waals surface area contributed by atoms with Crippen molar-refractivity contribution in [3.8, 4) is 0 Å². The van der Waals surface area contributed by atoms with Crippen LogP contribution in [0.1, 0.15) is 17.3 Å². The smallest absolute Gasteiger partial charge is 0.325 e. The van der Waals surface area contributed by atoms with Gasteiger partial charge >= 0.3 is 5.97 Å². The van der Waals surface area contributed by atoms with Crippen molar-refractivity contribution in [3.05, 3.63) is 34.2 Å². The summed E-state index contributed by atoms with van der Waals surface area (Å²) in [6.45, 7) is 1.88. The highest BCUT2D eigenvalue weighted by atomic mass is 16.5. The van der Waals surface area contributed by atoms with Crippen LogP contribution in [0.5, 0.6) is 0 Å². The molecule has 0 bridgehead atoms. The lowest BCUT2D eigenvalue weighted by Gasteiger charge is -2.18. The number of esters is 1. The van der Waals surface area contributed by atoms with Crippen molar-refractivity contribution in [2.45, 2.75) is 6.92 Å². The number of aromatic amines is 1. The monoisotopic (exact) mass is 238 g/mol. The first-order valence-electron chi connectivity index (χ1n) is 5.14. The maximum absolute atomic E-state index is 11.9. The zero-order valence-electron chi connectivity index (χ0n) is 9.73. The Morgan fingerprint density at radius 1 is 1.47 bits per heavy atom. The first kappa shape index (κ1) is 13.0. The number of hydrogen-bond acceptors (Lipinski definition) is 4. The molecule has 0 unspecified atom stereocenters. The van der Waals surface area contributed by atoms with Crippen LogP contribution in [0, 0.1) is 0 Å². The van der Waals surface area contributed by atoms with E-state index in [9.17, 15) is 14.4 Å². The third-order valence-electron chi connectivity index (χ3n) is 2.27. The fraction of sp³-hybridized carbons (Fsp3) is 0.364. The van der Waals surface area contributed by atoms with Crippen molar-refractivity contribution in [2.24, 2.45) is 0 Å². The Bertz CT molecular complexity index is 467. The van der Waals surface area contributed by atoms with Crippen molar-refractivity contribution in [2.75, 3.05) is 20.2 Å². The molecule has 1 aromatic heterocycles. The van der Waals surface area contributed by atoms with Gasteiger partial charge in [0.15, 0.2) is 0 Å². The maximum Gasteiger partial charge on any atom is 0.325 e. The molecule has 17 heavy (non-hydrogen) atoms. The molecule has 0 aliphatic heterocycles. The van der Waals surface area contributed by atoms with Crippen molar-refractivity contribution in [3.63, 3.8) is 0 Å². The highest BCUT2D eigenvalue weighted by molar-refractivity contribution is 5.95. The molecule has 1 heterocycles. The van der Waals surface area contributed by atoms with Crippen molar-refractivity contribution in [1.82, 2.24) is 9.88 Å². The van der Waals surface area contributed by atoms with Gasteiger partial charge in [-0.15, -0.1) is 0 Å². The van der Waals surface area contributed by atoms with Crippen LogP contribution in [0.2, 0.25) is 0 Å². The van der Waals surface area contributed by atoms with Crippen molar-refractivity contribution >= 4 is 11.9 Å². The molecular formula is C11H14N2O4. The van der Waals surface area contributed by atoms with E-state index < -0.39 is 17.4 Å². The van der Waals surface area contributed by atoms with Crippen LogP contribution in [-0.2, 0) is 9.53 Å². The van der Waals surface area contributed by atoms with Crippen molar-refractivity contribution in [1.29, 1.82) is 0 Å². The van der Waals surface area contributed by atoms with Crippen LogP contribution in [0.15, 0.2) is 23.1 Å². The summed E-state index contributed by atoms with van der Waals surface area (Å²) >= 11 is 0. The van der Waals surface area contributed by atoms with E-state index in [1.165, 1.54) is 24.3 Å². The fourth-order valence-electron chi connectivity index (χ4n) is 1.31. The van der Waals surface area contributed by atoms with Gasteiger partial charge in [0.1, 0.15) is 12.1 Å². The number of rotatable bonds is 4. The number of pyridine rings is 1. The van der Waals surface area contributed by atoms with Gasteiger partial charge in [0.25, 0.3) is 11.5 Å². The molecule has 0 aromatic carbocycles. The molecule has 0 saturated heterocycles. The van der Waals surface area contributed by atoms with E-state index in [4.69, 9.17) is 0 Å². The van der Waals surface area contributed by atoms with E-state index in [1.54, 1.807) is 13.0 Å². The minimum Gasteiger partial charge on any atom is -0.468 e. The Balaban J connectivity index is 2.91. The predicted molar refractivity (Wildman–Crippen MR) is 60.7 cm³/mol.